The zero-order valence-electron chi connectivity index (χ0n) is 9.70. The van der Waals surface area contributed by atoms with Gasteiger partial charge in [0.1, 0.15) is 5.69 Å². The average molecular weight is 221 g/mol. The molecule has 4 heteroatoms. The van der Waals surface area contributed by atoms with Crippen LogP contribution in [-0.2, 0) is 6.54 Å². The number of amides is 1. The summed E-state index contributed by atoms with van der Waals surface area (Å²) in [6.07, 6.45) is 4.03. The molecular formula is C12H19N3O. The Bertz CT molecular complexity index is 353. The van der Waals surface area contributed by atoms with E-state index in [0.717, 1.165) is 38.2 Å². The minimum absolute atomic E-state index is 0.0483. The highest BCUT2D eigenvalue weighted by atomic mass is 16.2. The Balaban J connectivity index is 1.99. The molecule has 0 aromatic carbocycles. The summed E-state index contributed by atoms with van der Waals surface area (Å²) < 4.78 is 2.01. The van der Waals surface area contributed by atoms with Gasteiger partial charge in [0, 0.05) is 25.3 Å². The largest absolute Gasteiger partial charge is 0.347 e. The third-order valence-corrected chi connectivity index (χ3v) is 2.92. The molecule has 0 aliphatic carbocycles. The summed E-state index contributed by atoms with van der Waals surface area (Å²) in [7, 11) is 0. The Morgan fingerprint density at radius 3 is 3.25 bits per heavy atom. The summed E-state index contributed by atoms with van der Waals surface area (Å²) in [5.41, 5.74) is 0.772. The van der Waals surface area contributed by atoms with E-state index in [9.17, 15) is 4.79 Å². The summed E-state index contributed by atoms with van der Waals surface area (Å²) in [4.78, 5) is 12.0. The molecule has 0 bridgehead atoms. The third-order valence-electron chi connectivity index (χ3n) is 2.92. The molecule has 0 radical (unpaired) electrons. The van der Waals surface area contributed by atoms with Crippen LogP contribution in [0.15, 0.2) is 18.3 Å². The molecule has 1 fully saturated rings. The van der Waals surface area contributed by atoms with E-state index in [1.165, 1.54) is 0 Å². The zero-order valence-corrected chi connectivity index (χ0v) is 9.70. The van der Waals surface area contributed by atoms with Crippen molar-refractivity contribution in [2.75, 3.05) is 13.1 Å². The molecule has 1 aliphatic rings. The number of nitrogens with zero attached hydrogens (tertiary/aromatic N) is 1. The Hall–Kier alpha value is -1.29. The maximum Gasteiger partial charge on any atom is 0.268 e. The maximum absolute atomic E-state index is 12.0. The normalized spacial score (nSPS) is 19.9. The molecule has 1 aliphatic heterocycles. The fourth-order valence-corrected chi connectivity index (χ4v) is 2.09. The molecule has 16 heavy (non-hydrogen) atoms. The molecule has 2 N–H and O–H groups in total. The van der Waals surface area contributed by atoms with E-state index in [0.29, 0.717) is 0 Å². The summed E-state index contributed by atoms with van der Waals surface area (Å²) in [6, 6.07) is 4.10. The first-order chi connectivity index (χ1) is 7.81. The predicted molar refractivity (Wildman–Crippen MR) is 63.5 cm³/mol. The smallest absolute Gasteiger partial charge is 0.268 e. The van der Waals surface area contributed by atoms with Crippen LogP contribution < -0.4 is 10.6 Å². The van der Waals surface area contributed by atoms with E-state index >= 15 is 0 Å². The Labute approximate surface area is 96.0 Å². The highest BCUT2D eigenvalue weighted by molar-refractivity contribution is 5.93. The summed E-state index contributed by atoms with van der Waals surface area (Å²) in [6.45, 7) is 4.91. The van der Waals surface area contributed by atoms with Gasteiger partial charge in [-0.2, -0.15) is 0 Å². The fraction of sp³-hybridized carbons (Fsp3) is 0.583. The second-order valence-electron chi connectivity index (χ2n) is 4.25. The van der Waals surface area contributed by atoms with Crippen LogP contribution in [0.3, 0.4) is 0 Å². The standard InChI is InChI=1S/C12H19N3O/c1-2-7-15-8-3-4-11(15)12(16)14-10-5-6-13-9-10/h3-4,8,10,13H,2,5-7,9H2,1H3,(H,14,16)/t10-/m1/s1. The quantitative estimate of drug-likeness (QED) is 0.796. The van der Waals surface area contributed by atoms with Gasteiger partial charge in [-0.1, -0.05) is 6.92 Å². The van der Waals surface area contributed by atoms with Crippen LogP contribution >= 0.6 is 0 Å². The highest BCUT2D eigenvalue weighted by Gasteiger charge is 2.18. The van der Waals surface area contributed by atoms with Crippen molar-refractivity contribution >= 4 is 5.91 Å². The first kappa shape index (κ1) is 11.2. The second kappa shape index (κ2) is 5.16. The first-order valence-electron chi connectivity index (χ1n) is 5.98. The fourth-order valence-electron chi connectivity index (χ4n) is 2.09. The van der Waals surface area contributed by atoms with Crippen molar-refractivity contribution < 1.29 is 4.79 Å². The summed E-state index contributed by atoms with van der Waals surface area (Å²) in [5.74, 6) is 0.0483. The first-order valence-corrected chi connectivity index (χ1v) is 5.98. The molecule has 88 valence electrons. The number of carbonyl (C=O) groups excluding carboxylic acids is 1. The third kappa shape index (κ3) is 2.44. The number of aryl methyl sites for hydroxylation is 1. The van der Waals surface area contributed by atoms with Crippen molar-refractivity contribution in [1.29, 1.82) is 0 Å². The molecular weight excluding hydrogens is 202 g/mol. The lowest BCUT2D eigenvalue weighted by atomic mass is 10.2. The Morgan fingerprint density at radius 2 is 2.56 bits per heavy atom. The van der Waals surface area contributed by atoms with Gasteiger partial charge in [0.05, 0.1) is 0 Å². The van der Waals surface area contributed by atoms with Gasteiger partial charge >= 0.3 is 0 Å². The van der Waals surface area contributed by atoms with Gasteiger partial charge in [-0.3, -0.25) is 4.79 Å². The van der Waals surface area contributed by atoms with Crippen LogP contribution in [0.25, 0.3) is 0 Å². The summed E-state index contributed by atoms with van der Waals surface area (Å²) >= 11 is 0. The summed E-state index contributed by atoms with van der Waals surface area (Å²) in [5, 5.41) is 6.30. The van der Waals surface area contributed by atoms with Crippen molar-refractivity contribution in [3.05, 3.63) is 24.0 Å². The molecule has 1 amide bonds. The molecule has 0 saturated carbocycles. The van der Waals surface area contributed by atoms with Gasteiger partial charge in [-0.05, 0) is 31.5 Å². The minimum Gasteiger partial charge on any atom is -0.347 e. The number of rotatable bonds is 4. The van der Waals surface area contributed by atoms with Crippen molar-refractivity contribution in [3.63, 3.8) is 0 Å². The highest BCUT2D eigenvalue weighted by Crippen LogP contribution is 2.05. The zero-order chi connectivity index (χ0) is 11.4. The van der Waals surface area contributed by atoms with Crippen LogP contribution in [0.5, 0.6) is 0 Å². The Morgan fingerprint density at radius 1 is 1.69 bits per heavy atom. The molecule has 0 unspecified atom stereocenters. The molecule has 2 heterocycles. The van der Waals surface area contributed by atoms with E-state index in [1.54, 1.807) is 0 Å². The molecule has 0 spiro atoms. The van der Waals surface area contributed by atoms with Crippen molar-refractivity contribution in [3.8, 4) is 0 Å². The molecule has 1 atom stereocenters. The topological polar surface area (TPSA) is 46.1 Å². The van der Waals surface area contributed by atoms with Gasteiger partial charge in [0.25, 0.3) is 5.91 Å². The van der Waals surface area contributed by atoms with Crippen molar-refractivity contribution in [1.82, 2.24) is 15.2 Å². The van der Waals surface area contributed by atoms with Gasteiger partial charge < -0.3 is 15.2 Å². The molecule has 4 nitrogen and oxygen atoms in total. The molecule has 2 rings (SSSR count). The van der Waals surface area contributed by atoms with E-state index in [4.69, 9.17) is 0 Å². The SMILES string of the molecule is CCCn1cccc1C(=O)N[C@@H]1CCNC1. The van der Waals surface area contributed by atoms with Gasteiger partial charge in [-0.25, -0.2) is 0 Å². The minimum atomic E-state index is 0.0483. The lowest BCUT2D eigenvalue weighted by Crippen LogP contribution is -2.37. The molecule has 1 aromatic heterocycles. The van der Waals surface area contributed by atoms with E-state index in [1.807, 2.05) is 22.9 Å². The van der Waals surface area contributed by atoms with E-state index < -0.39 is 0 Å². The molecule has 1 aromatic rings. The van der Waals surface area contributed by atoms with E-state index in [2.05, 4.69) is 17.6 Å². The van der Waals surface area contributed by atoms with Crippen LogP contribution in [0.1, 0.15) is 30.3 Å². The number of nitrogens with one attached hydrogen (secondary N) is 2. The Kier molecular flexibility index (Phi) is 3.62. The van der Waals surface area contributed by atoms with E-state index in [-0.39, 0.29) is 11.9 Å². The number of carbonyl (C=O) groups is 1. The van der Waals surface area contributed by atoms with Crippen molar-refractivity contribution in [2.24, 2.45) is 0 Å². The lowest BCUT2D eigenvalue weighted by Gasteiger charge is -2.13. The number of aromatic nitrogens is 1. The van der Waals surface area contributed by atoms with Gasteiger partial charge in [-0.15, -0.1) is 0 Å². The lowest BCUT2D eigenvalue weighted by molar-refractivity contribution is 0.0930. The maximum atomic E-state index is 12.0. The van der Waals surface area contributed by atoms with Crippen molar-refractivity contribution in [2.45, 2.75) is 32.4 Å². The average Bonchev–Trinajstić information content (AvgIpc) is 2.89. The van der Waals surface area contributed by atoms with Gasteiger partial charge in [0.2, 0.25) is 0 Å². The second-order valence-corrected chi connectivity index (χ2v) is 4.25. The monoisotopic (exact) mass is 221 g/mol. The van der Waals surface area contributed by atoms with Crippen LogP contribution in [0.4, 0.5) is 0 Å². The van der Waals surface area contributed by atoms with Crippen LogP contribution in [0, 0.1) is 0 Å². The van der Waals surface area contributed by atoms with Gasteiger partial charge in [0.15, 0.2) is 0 Å². The number of hydrogen-bond acceptors (Lipinski definition) is 2. The van der Waals surface area contributed by atoms with Crippen LogP contribution in [0.2, 0.25) is 0 Å². The van der Waals surface area contributed by atoms with Crippen LogP contribution in [-0.4, -0.2) is 29.6 Å². The predicted octanol–water partition coefficient (Wildman–Crippen LogP) is 0.990. The molecule has 1 saturated heterocycles. The number of hydrogen-bond donors (Lipinski definition) is 2.